The van der Waals surface area contributed by atoms with Crippen LogP contribution in [-0.4, -0.2) is 24.6 Å². The minimum absolute atomic E-state index is 0.0845. The molecule has 0 saturated carbocycles. The van der Waals surface area contributed by atoms with Crippen LogP contribution in [0.3, 0.4) is 0 Å². The van der Waals surface area contributed by atoms with E-state index in [0.717, 1.165) is 10.6 Å². The van der Waals surface area contributed by atoms with Gasteiger partial charge in [0.2, 0.25) is 0 Å². The molecule has 2 N–H and O–H groups in total. The second-order valence-corrected chi connectivity index (χ2v) is 6.53. The van der Waals surface area contributed by atoms with E-state index in [1.165, 1.54) is 30.3 Å². The summed E-state index contributed by atoms with van der Waals surface area (Å²) in [6, 6.07) is 9.73. The summed E-state index contributed by atoms with van der Waals surface area (Å²) in [7, 11) is 0. The van der Waals surface area contributed by atoms with Crippen molar-refractivity contribution in [1.29, 1.82) is 0 Å². The van der Waals surface area contributed by atoms with Gasteiger partial charge in [-0.2, -0.15) is 0 Å². The Hall–Kier alpha value is -2.55. The summed E-state index contributed by atoms with van der Waals surface area (Å²) in [4.78, 5) is 12.8. The maximum atomic E-state index is 12.9. The van der Waals surface area contributed by atoms with E-state index in [4.69, 9.17) is 0 Å². The van der Waals surface area contributed by atoms with E-state index >= 15 is 0 Å². The van der Waals surface area contributed by atoms with Gasteiger partial charge >= 0.3 is 12.3 Å². The number of amides is 2. The number of hydrogen-bond donors (Lipinski definition) is 2. The summed E-state index contributed by atoms with van der Waals surface area (Å²) in [5.41, 5.74) is 0.309. The standard InChI is InChI=1S/C17H15F3N2O3S/c18-11-2-5-13(6-3-11)26-9-1-8-21-16(23)22-12-4-7-14-15(10-12)25-17(19,20)24-14/h2-7,10H,1,8-9H2,(H2,21,22,23). The van der Waals surface area contributed by atoms with Gasteiger partial charge in [-0.05, 0) is 48.6 Å². The molecule has 2 aromatic rings. The predicted molar refractivity (Wildman–Crippen MR) is 91.4 cm³/mol. The minimum Gasteiger partial charge on any atom is -0.395 e. The third-order valence-electron chi connectivity index (χ3n) is 3.35. The van der Waals surface area contributed by atoms with Gasteiger partial charge in [0, 0.05) is 23.2 Å². The van der Waals surface area contributed by atoms with E-state index in [1.54, 1.807) is 23.9 Å². The van der Waals surface area contributed by atoms with Crippen LogP contribution >= 0.6 is 11.8 Å². The quantitative estimate of drug-likeness (QED) is 0.571. The van der Waals surface area contributed by atoms with Crippen LogP contribution < -0.4 is 20.1 Å². The third kappa shape index (κ3) is 4.98. The zero-order valence-corrected chi connectivity index (χ0v) is 14.2. The Labute approximate surface area is 151 Å². The van der Waals surface area contributed by atoms with Crippen LogP contribution in [0.2, 0.25) is 0 Å². The van der Waals surface area contributed by atoms with Crippen LogP contribution in [0.25, 0.3) is 0 Å². The number of rotatable bonds is 6. The maximum absolute atomic E-state index is 12.9. The first-order valence-corrected chi connectivity index (χ1v) is 8.73. The van der Waals surface area contributed by atoms with Crippen molar-refractivity contribution in [2.75, 3.05) is 17.6 Å². The average Bonchev–Trinajstić information content (AvgIpc) is 2.89. The van der Waals surface area contributed by atoms with Gasteiger partial charge in [-0.3, -0.25) is 0 Å². The van der Waals surface area contributed by atoms with E-state index in [-0.39, 0.29) is 17.3 Å². The number of ether oxygens (including phenoxy) is 2. The molecule has 0 aliphatic carbocycles. The highest BCUT2D eigenvalue weighted by Crippen LogP contribution is 2.42. The van der Waals surface area contributed by atoms with Crippen molar-refractivity contribution < 1.29 is 27.4 Å². The molecule has 0 unspecified atom stereocenters. The highest BCUT2D eigenvalue weighted by Gasteiger charge is 2.43. The lowest BCUT2D eigenvalue weighted by Gasteiger charge is -2.08. The number of hydrogen-bond acceptors (Lipinski definition) is 4. The van der Waals surface area contributed by atoms with E-state index in [0.29, 0.717) is 18.7 Å². The Bertz CT molecular complexity index is 787. The highest BCUT2D eigenvalue weighted by atomic mass is 32.2. The number of urea groups is 1. The van der Waals surface area contributed by atoms with E-state index in [9.17, 15) is 18.0 Å². The molecule has 1 aliphatic rings. The van der Waals surface area contributed by atoms with Crippen molar-refractivity contribution in [3.05, 3.63) is 48.3 Å². The number of carbonyl (C=O) groups is 1. The molecule has 1 heterocycles. The number of benzene rings is 2. The Balaban J connectivity index is 1.38. The molecular weight excluding hydrogens is 369 g/mol. The molecule has 0 saturated heterocycles. The first-order chi connectivity index (χ1) is 12.4. The number of fused-ring (bicyclic) bond motifs is 1. The van der Waals surface area contributed by atoms with E-state index in [2.05, 4.69) is 20.1 Å². The number of nitrogens with one attached hydrogen (secondary N) is 2. The van der Waals surface area contributed by atoms with Crippen LogP contribution in [-0.2, 0) is 0 Å². The Morgan fingerprint density at radius 3 is 2.58 bits per heavy atom. The predicted octanol–water partition coefficient (Wildman–Crippen LogP) is 4.45. The van der Waals surface area contributed by atoms with Gasteiger partial charge in [-0.1, -0.05) is 0 Å². The maximum Gasteiger partial charge on any atom is 0.586 e. The zero-order chi connectivity index (χ0) is 18.6. The molecule has 0 fully saturated rings. The van der Waals surface area contributed by atoms with Crippen molar-refractivity contribution >= 4 is 23.5 Å². The van der Waals surface area contributed by atoms with Gasteiger partial charge in [0.25, 0.3) is 0 Å². The van der Waals surface area contributed by atoms with Crippen molar-refractivity contribution in [1.82, 2.24) is 5.32 Å². The van der Waals surface area contributed by atoms with Gasteiger partial charge < -0.3 is 20.1 Å². The first-order valence-electron chi connectivity index (χ1n) is 7.74. The summed E-state index contributed by atoms with van der Waals surface area (Å²) < 4.78 is 47.3. The normalized spacial score (nSPS) is 14.1. The van der Waals surface area contributed by atoms with Gasteiger partial charge in [0.05, 0.1) is 0 Å². The van der Waals surface area contributed by atoms with Crippen LogP contribution in [0.4, 0.5) is 23.7 Å². The fraction of sp³-hybridized carbons (Fsp3) is 0.235. The molecule has 1 aliphatic heterocycles. The number of carbonyl (C=O) groups excluding carboxylic acids is 1. The van der Waals surface area contributed by atoms with Gasteiger partial charge in [0.15, 0.2) is 11.5 Å². The SMILES string of the molecule is O=C(NCCCSc1ccc(F)cc1)Nc1ccc2c(c1)OC(F)(F)O2. The van der Waals surface area contributed by atoms with Gasteiger partial charge in [0.1, 0.15) is 5.82 Å². The third-order valence-corrected chi connectivity index (χ3v) is 4.45. The van der Waals surface area contributed by atoms with Crippen molar-refractivity contribution in [2.24, 2.45) is 0 Å². The zero-order valence-electron chi connectivity index (χ0n) is 13.4. The smallest absolute Gasteiger partial charge is 0.395 e. The van der Waals surface area contributed by atoms with Gasteiger partial charge in [-0.25, -0.2) is 9.18 Å². The first kappa shape index (κ1) is 18.2. The van der Waals surface area contributed by atoms with Crippen LogP contribution in [0.1, 0.15) is 6.42 Å². The number of anilines is 1. The molecule has 138 valence electrons. The fourth-order valence-electron chi connectivity index (χ4n) is 2.20. The molecule has 2 aromatic carbocycles. The summed E-state index contributed by atoms with van der Waals surface area (Å²) in [5, 5.41) is 5.20. The number of alkyl halides is 2. The molecule has 0 aromatic heterocycles. The molecule has 0 radical (unpaired) electrons. The van der Waals surface area contributed by atoms with E-state index < -0.39 is 12.3 Å². The van der Waals surface area contributed by atoms with Crippen LogP contribution in [0.5, 0.6) is 11.5 Å². The highest BCUT2D eigenvalue weighted by molar-refractivity contribution is 7.99. The van der Waals surface area contributed by atoms with Gasteiger partial charge in [-0.15, -0.1) is 20.5 Å². The second-order valence-electron chi connectivity index (χ2n) is 5.37. The fourth-order valence-corrected chi connectivity index (χ4v) is 3.05. The van der Waals surface area contributed by atoms with Crippen molar-refractivity contribution in [3.8, 4) is 11.5 Å². The molecule has 2 amide bonds. The Kier molecular flexibility index (Phi) is 5.46. The average molecular weight is 384 g/mol. The molecule has 26 heavy (non-hydrogen) atoms. The monoisotopic (exact) mass is 384 g/mol. The molecule has 0 atom stereocenters. The Morgan fingerprint density at radius 1 is 1.08 bits per heavy atom. The molecule has 3 rings (SSSR count). The second kappa shape index (κ2) is 7.77. The largest absolute Gasteiger partial charge is 0.586 e. The molecule has 9 heteroatoms. The topological polar surface area (TPSA) is 59.6 Å². The molecule has 5 nitrogen and oxygen atoms in total. The lowest BCUT2D eigenvalue weighted by molar-refractivity contribution is -0.286. The minimum atomic E-state index is -3.69. The number of halogens is 3. The van der Waals surface area contributed by atoms with Crippen LogP contribution in [0, 0.1) is 5.82 Å². The summed E-state index contributed by atoms with van der Waals surface area (Å²) in [5.74, 6) is 0.257. The lowest BCUT2D eigenvalue weighted by Crippen LogP contribution is -2.29. The summed E-state index contributed by atoms with van der Waals surface area (Å²) in [6.45, 7) is 0.433. The Morgan fingerprint density at radius 2 is 1.81 bits per heavy atom. The molecule has 0 bridgehead atoms. The number of thioether (sulfide) groups is 1. The molecule has 0 spiro atoms. The molecular formula is C17H15F3N2O3S. The summed E-state index contributed by atoms with van der Waals surface area (Å²) in [6.07, 6.45) is -2.98. The van der Waals surface area contributed by atoms with Crippen molar-refractivity contribution in [2.45, 2.75) is 17.6 Å². The summed E-state index contributed by atoms with van der Waals surface area (Å²) >= 11 is 1.56. The lowest BCUT2D eigenvalue weighted by atomic mass is 10.3. The van der Waals surface area contributed by atoms with E-state index in [1.807, 2.05) is 0 Å². The van der Waals surface area contributed by atoms with Crippen LogP contribution in [0.15, 0.2) is 47.4 Å². The van der Waals surface area contributed by atoms with Crippen molar-refractivity contribution in [3.63, 3.8) is 0 Å².